The molecule has 2 heterocycles. The van der Waals surface area contributed by atoms with Crippen LogP contribution in [0.4, 0.5) is 17.6 Å². The number of rotatable bonds is 2. The maximum atomic E-state index is 13.3. The zero-order chi connectivity index (χ0) is 17.5. The van der Waals surface area contributed by atoms with E-state index in [0.29, 0.717) is 0 Å². The summed E-state index contributed by atoms with van der Waals surface area (Å²) in [6, 6.07) is 6.99. The molecular formula is C15H10F4N2O3. The molecule has 126 valence electrons. The molecule has 1 aliphatic rings. The van der Waals surface area contributed by atoms with Crippen LogP contribution >= 0.6 is 0 Å². The third-order valence-corrected chi connectivity index (χ3v) is 3.54. The summed E-state index contributed by atoms with van der Waals surface area (Å²) in [6.45, 7) is 0. The smallest absolute Gasteiger partial charge is 0.438 e. The quantitative estimate of drug-likeness (QED) is 0.854. The Kier molecular flexibility index (Phi) is 3.67. The van der Waals surface area contributed by atoms with E-state index in [-0.39, 0.29) is 16.3 Å². The van der Waals surface area contributed by atoms with Crippen LogP contribution in [-0.2, 0) is 0 Å². The minimum Gasteiger partial charge on any atom is -0.459 e. The van der Waals surface area contributed by atoms with E-state index >= 15 is 0 Å². The van der Waals surface area contributed by atoms with Gasteiger partial charge in [-0.3, -0.25) is 4.79 Å². The molecular weight excluding hydrogens is 332 g/mol. The number of carbonyl (C=O) groups excluding carboxylic acids is 1. The Bertz CT molecular complexity index is 784. The standard InChI is InChI=1S/C15H10F4N2O3/c16-10-5-3-9(4-6-10)11-8-14(23,15(17,18)19)21(20-11)13(22)12-2-1-7-24-12/h1-7,23H,8H2/t14-/m1/s1. The van der Waals surface area contributed by atoms with Gasteiger partial charge in [0.25, 0.3) is 5.72 Å². The highest BCUT2D eigenvalue weighted by atomic mass is 19.4. The van der Waals surface area contributed by atoms with Gasteiger partial charge in [-0.05, 0) is 29.8 Å². The number of carbonyl (C=O) groups is 1. The van der Waals surface area contributed by atoms with Gasteiger partial charge in [-0.1, -0.05) is 12.1 Å². The van der Waals surface area contributed by atoms with Gasteiger partial charge in [0.15, 0.2) is 5.76 Å². The van der Waals surface area contributed by atoms with Gasteiger partial charge in [-0.25, -0.2) is 4.39 Å². The number of nitrogens with zero attached hydrogens (tertiary/aromatic N) is 2. The zero-order valence-corrected chi connectivity index (χ0v) is 11.9. The molecule has 0 unspecified atom stereocenters. The summed E-state index contributed by atoms with van der Waals surface area (Å²) in [5.41, 5.74) is -3.55. The zero-order valence-electron chi connectivity index (χ0n) is 11.9. The summed E-state index contributed by atoms with van der Waals surface area (Å²) in [5.74, 6) is -2.22. The van der Waals surface area contributed by atoms with Crippen LogP contribution in [0, 0.1) is 5.82 Å². The number of hydrazone groups is 1. The Labute approximate surface area is 132 Å². The molecule has 0 fully saturated rings. The SMILES string of the molecule is O=C(c1ccco1)N1N=C(c2ccc(F)cc2)C[C@@]1(O)C(F)(F)F. The van der Waals surface area contributed by atoms with E-state index in [1.54, 1.807) is 0 Å². The number of benzene rings is 1. The van der Waals surface area contributed by atoms with Crippen LogP contribution in [-0.4, -0.2) is 33.6 Å². The fraction of sp³-hybridized carbons (Fsp3) is 0.200. The summed E-state index contributed by atoms with van der Waals surface area (Å²) < 4.78 is 57.8. The van der Waals surface area contributed by atoms with Gasteiger partial charge in [0, 0.05) is 0 Å². The summed E-state index contributed by atoms with van der Waals surface area (Å²) in [5, 5.41) is 13.7. The molecule has 5 nitrogen and oxygen atoms in total. The lowest BCUT2D eigenvalue weighted by Gasteiger charge is -2.31. The van der Waals surface area contributed by atoms with E-state index in [2.05, 4.69) is 5.10 Å². The van der Waals surface area contributed by atoms with Crippen molar-refractivity contribution in [3.8, 4) is 0 Å². The van der Waals surface area contributed by atoms with E-state index < -0.39 is 35.8 Å². The third-order valence-electron chi connectivity index (χ3n) is 3.54. The Morgan fingerprint density at radius 1 is 1.25 bits per heavy atom. The second kappa shape index (κ2) is 5.45. The van der Waals surface area contributed by atoms with Crippen molar-refractivity contribution in [1.82, 2.24) is 5.01 Å². The summed E-state index contributed by atoms with van der Waals surface area (Å²) >= 11 is 0. The highest BCUT2D eigenvalue weighted by Gasteiger charge is 2.63. The third kappa shape index (κ3) is 2.56. The fourth-order valence-electron chi connectivity index (χ4n) is 2.29. The summed E-state index contributed by atoms with van der Waals surface area (Å²) in [6.07, 6.45) is -5.02. The molecule has 9 heteroatoms. The van der Waals surface area contributed by atoms with Crippen molar-refractivity contribution >= 4 is 11.6 Å². The van der Waals surface area contributed by atoms with Crippen molar-refractivity contribution in [2.75, 3.05) is 0 Å². The van der Waals surface area contributed by atoms with Crippen molar-refractivity contribution in [3.63, 3.8) is 0 Å². The Hall–Kier alpha value is -2.68. The lowest BCUT2D eigenvalue weighted by molar-refractivity contribution is -0.297. The van der Waals surface area contributed by atoms with Gasteiger partial charge in [0.1, 0.15) is 5.82 Å². The van der Waals surface area contributed by atoms with Crippen LogP contribution in [0.3, 0.4) is 0 Å². The minimum atomic E-state index is -5.15. The van der Waals surface area contributed by atoms with Crippen molar-refractivity contribution in [2.24, 2.45) is 5.10 Å². The lowest BCUT2D eigenvalue weighted by Crippen LogP contribution is -2.56. The number of amides is 1. The van der Waals surface area contributed by atoms with Crippen LogP contribution in [0.5, 0.6) is 0 Å². The number of aliphatic hydroxyl groups is 1. The van der Waals surface area contributed by atoms with Crippen LogP contribution in [0.2, 0.25) is 0 Å². The number of hydrogen-bond acceptors (Lipinski definition) is 4. The molecule has 1 atom stereocenters. The minimum absolute atomic E-state index is 0.0511. The lowest BCUT2D eigenvalue weighted by atomic mass is 10.0. The number of hydrogen-bond donors (Lipinski definition) is 1. The van der Waals surface area contributed by atoms with Gasteiger partial charge in [0.05, 0.1) is 18.4 Å². The predicted molar refractivity (Wildman–Crippen MR) is 73.4 cm³/mol. The molecule has 1 amide bonds. The first-order valence-electron chi connectivity index (χ1n) is 6.73. The number of halogens is 4. The van der Waals surface area contributed by atoms with Gasteiger partial charge in [0.2, 0.25) is 0 Å². The molecule has 1 aromatic heterocycles. The average molecular weight is 342 g/mol. The molecule has 0 spiro atoms. The Balaban J connectivity index is 2.03. The molecule has 1 aliphatic heterocycles. The van der Waals surface area contributed by atoms with Crippen LogP contribution in [0.25, 0.3) is 0 Å². The molecule has 1 N–H and O–H groups in total. The Morgan fingerprint density at radius 3 is 2.46 bits per heavy atom. The van der Waals surface area contributed by atoms with E-state index in [1.165, 1.54) is 18.2 Å². The molecule has 0 saturated carbocycles. The molecule has 2 aromatic rings. The second-order valence-corrected chi connectivity index (χ2v) is 5.14. The van der Waals surface area contributed by atoms with Gasteiger partial charge in [-0.2, -0.15) is 23.3 Å². The van der Waals surface area contributed by atoms with E-state index in [0.717, 1.165) is 24.5 Å². The summed E-state index contributed by atoms with van der Waals surface area (Å²) in [7, 11) is 0. The van der Waals surface area contributed by atoms with E-state index in [9.17, 15) is 27.5 Å². The number of alkyl halides is 3. The first kappa shape index (κ1) is 16.2. The number of furan rings is 1. The first-order chi connectivity index (χ1) is 11.2. The van der Waals surface area contributed by atoms with Crippen molar-refractivity contribution < 1.29 is 31.9 Å². The van der Waals surface area contributed by atoms with Crippen LogP contribution in [0.1, 0.15) is 22.5 Å². The highest BCUT2D eigenvalue weighted by molar-refractivity contribution is 6.04. The normalized spacial score (nSPS) is 21.0. The molecule has 0 bridgehead atoms. The van der Waals surface area contributed by atoms with E-state index in [4.69, 9.17) is 4.42 Å². The molecule has 3 rings (SSSR count). The van der Waals surface area contributed by atoms with Crippen molar-refractivity contribution in [1.29, 1.82) is 0 Å². The molecule has 1 aromatic carbocycles. The molecule has 0 radical (unpaired) electrons. The van der Waals surface area contributed by atoms with Crippen LogP contribution < -0.4 is 0 Å². The molecule has 0 aliphatic carbocycles. The van der Waals surface area contributed by atoms with Crippen LogP contribution in [0.15, 0.2) is 52.2 Å². The molecule has 0 saturated heterocycles. The largest absolute Gasteiger partial charge is 0.459 e. The topological polar surface area (TPSA) is 66.0 Å². The fourth-order valence-corrected chi connectivity index (χ4v) is 2.29. The highest BCUT2D eigenvalue weighted by Crippen LogP contribution is 2.42. The summed E-state index contributed by atoms with van der Waals surface area (Å²) in [4.78, 5) is 12.2. The maximum Gasteiger partial charge on any atom is 0.438 e. The monoisotopic (exact) mass is 342 g/mol. The second-order valence-electron chi connectivity index (χ2n) is 5.14. The van der Waals surface area contributed by atoms with Crippen molar-refractivity contribution in [3.05, 3.63) is 59.8 Å². The van der Waals surface area contributed by atoms with E-state index in [1.807, 2.05) is 0 Å². The average Bonchev–Trinajstić information content (AvgIpc) is 3.15. The van der Waals surface area contributed by atoms with Gasteiger partial charge in [-0.15, -0.1) is 0 Å². The Morgan fingerprint density at radius 2 is 1.92 bits per heavy atom. The van der Waals surface area contributed by atoms with Crippen molar-refractivity contribution in [2.45, 2.75) is 18.3 Å². The van der Waals surface area contributed by atoms with Gasteiger partial charge >= 0.3 is 12.1 Å². The molecule has 24 heavy (non-hydrogen) atoms. The predicted octanol–water partition coefficient (Wildman–Crippen LogP) is 2.92. The maximum absolute atomic E-state index is 13.3. The van der Waals surface area contributed by atoms with Gasteiger partial charge < -0.3 is 9.52 Å². The first-order valence-corrected chi connectivity index (χ1v) is 6.73.